The minimum Gasteiger partial charge on any atom is -0.463 e. The number of halogens is 1. The molecule has 1 atom stereocenters. The number of nitrogens with one attached hydrogen (secondary N) is 1. The number of rotatable bonds is 5. The topological polar surface area (TPSA) is 80.4 Å². The molecule has 2 amide bonds. The summed E-state index contributed by atoms with van der Waals surface area (Å²) in [4.78, 5) is 29.2. The third-order valence-corrected chi connectivity index (χ3v) is 6.58. The predicted molar refractivity (Wildman–Crippen MR) is 129 cm³/mol. The Morgan fingerprint density at radius 1 is 1.14 bits per heavy atom. The second-order valence-corrected chi connectivity index (χ2v) is 9.00. The summed E-state index contributed by atoms with van der Waals surface area (Å²) in [6.07, 6.45) is 1.54. The lowest BCUT2D eigenvalue weighted by Gasteiger charge is -2.43. The summed E-state index contributed by atoms with van der Waals surface area (Å²) in [6, 6.07) is 16.9. The second-order valence-electron chi connectivity index (χ2n) is 9.00. The summed E-state index contributed by atoms with van der Waals surface area (Å²) in [6.45, 7) is 5.89. The van der Waals surface area contributed by atoms with Crippen molar-refractivity contribution in [2.75, 3.05) is 4.90 Å². The van der Waals surface area contributed by atoms with E-state index in [0.717, 1.165) is 11.1 Å². The van der Waals surface area contributed by atoms with Crippen molar-refractivity contribution in [1.29, 1.82) is 0 Å². The van der Waals surface area contributed by atoms with Gasteiger partial charge in [0.1, 0.15) is 22.7 Å². The van der Waals surface area contributed by atoms with Gasteiger partial charge in [-0.25, -0.2) is 4.39 Å². The van der Waals surface area contributed by atoms with E-state index in [1.165, 1.54) is 12.1 Å². The highest BCUT2D eigenvalue weighted by atomic mass is 19.1. The first-order valence-electron chi connectivity index (χ1n) is 11.3. The van der Waals surface area contributed by atoms with Gasteiger partial charge < -0.3 is 9.73 Å². The maximum absolute atomic E-state index is 13.9. The molecular weight excluding hydrogens is 447 g/mol. The highest BCUT2D eigenvalue weighted by molar-refractivity contribution is 6.12. The van der Waals surface area contributed by atoms with E-state index in [1.54, 1.807) is 53.1 Å². The summed E-state index contributed by atoms with van der Waals surface area (Å²) in [5, 5.41) is 7.46. The molecule has 0 unspecified atom stereocenters. The van der Waals surface area contributed by atoms with Crippen LogP contribution < -0.4 is 10.2 Å². The van der Waals surface area contributed by atoms with Gasteiger partial charge >= 0.3 is 0 Å². The highest BCUT2D eigenvalue weighted by Gasteiger charge is 2.49. The Kier molecular flexibility index (Phi) is 5.51. The number of amides is 2. The molecule has 1 aliphatic heterocycles. The van der Waals surface area contributed by atoms with Gasteiger partial charge in [-0.2, -0.15) is 5.10 Å². The van der Waals surface area contributed by atoms with E-state index in [9.17, 15) is 14.0 Å². The van der Waals surface area contributed by atoms with Crippen molar-refractivity contribution >= 4 is 17.5 Å². The number of aromatic nitrogens is 2. The molecule has 0 fully saturated rings. The van der Waals surface area contributed by atoms with Crippen LogP contribution in [0.4, 0.5) is 10.1 Å². The third kappa shape index (κ3) is 3.90. The van der Waals surface area contributed by atoms with Gasteiger partial charge in [0.05, 0.1) is 12.8 Å². The largest absolute Gasteiger partial charge is 0.463 e. The molecule has 4 aromatic rings. The number of furan rings is 1. The van der Waals surface area contributed by atoms with Gasteiger partial charge in [0, 0.05) is 18.3 Å². The third-order valence-electron chi connectivity index (χ3n) is 6.58. The SMILES string of the molecule is Cc1cccc(N2C(=O)c3cc(-c4ccco4)nn3C[C@@]2(C)C(=O)NCc2cccc(F)c2)c1C. The van der Waals surface area contributed by atoms with Gasteiger partial charge in [-0.15, -0.1) is 0 Å². The van der Waals surface area contributed by atoms with Crippen LogP contribution in [-0.2, 0) is 17.9 Å². The van der Waals surface area contributed by atoms with E-state index in [1.807, 2.05) is 32.0 Å². The Bertz CT molecular complexity index is 1430. The smallest absolute Gasteiger partial charge is 0.277 e. The standard InChI is InChI=1S/C27H25FN4O3/c1-17-7-4-10-22(18(17)2)32-25(33)23-14-21(24-11-6-12-35-24)30-31(23)16-27(32,3)26(34)29-15-19-8-5-9-20(28)13-19/h4-14H,15-16H2,1-3H3,(H,29,34)/t27-/m0/s1. The van der Waals surface area contributed by atoms with E-state index in [-0.39, 0.29) is 30.7 Å². The molecule has 5 rings (SSSR count). The van der Waals surface area contributed by atoms with Crippen LogP contribution in [-0.4, -0.2) is 27.1 Å². The molecule has 0 spiro atoms. The van der Waals surface area contributed by atoms with Crippen molar-refractivity contribution in [2.45, 2.75) is 39.4 Å². The molecule has 3 heterocycles. The van der Waals surface area contributed by atoms with Crippen LogP contribution in [0.1, 0.15) is 34.1 Å². The van der Waals surface area contributed by atoms with E-state index in [4.69, 9.17) is 4.42 Å². The van der Waals surface area contributed by atoms with Crippen molar-refractivity contribution in [2.24, 2.45) is 0 Å². The molecule has 0 radical (unpaired) electrons. The van der Waals surface area contributed by atoms with Crippen molar-refractivity contribution in [3.63, 3.8) is 0 Å². The number of nitrogens with zero attached hydrogens (tertiary/aromatic N) is 3. The zero-order valence-electron chi connectivity index (χ0n) is 19.7. The molecule has 0 aliphatic carbocycles. The van der Waals surface area contributed by atoms with Crippen molar-refractivity contribution in [3.8, 4) is 11.5 Å². The molecule has 0 bridgehead atoms. The number of hydrogen-bond donors (Lipinski definition) is 1. The molecule has 35 heavy (non-hydrogen) atoms. The van der Waals surface area contributed by atoms with Gasteiger partial charge in [-0.1, -0.05) is 24.3 Å². The number of carbonyl (C=O) groups is 2. The summed E-state index contributed by atoms with van der Waals surface area (Å²) in [5.41, 5.74) is 2.80. The quantitative estimate of drug-likeness (QED) is 0.459. The molecule has 7 nitrogen and oxygen atoms in total. The molecule has 178 valence electrons. The maximum atomic E-state index is 13.9. The van der Waals surface area contributed by atoms with Crippen molar-refractivity contribution < 1.29 is 18.4 Å². The van der Waals surface area contributed by atoms with Gasteiger partial charge in [0.2, 0.25) is 5.91 Å². The Labute approximate surface area is 202 Å². The molecular formula is C27H25FN4O3. The number of carbonyl (C=O) groups excluding carboxylic acids is 2. The van der Waals surface area contributed by atoms with Crippen molar-refractivity contribution in [1.82, 2.24) is 15.1 Å². The molecule has 1 aliphatic rings. The highest BCUT2D eigenvalue weighted by Crippen LogP contribution is 2.36. The van der Waals surface area contributed by atoms with E-state index < -0.39 is 5.54 Å². The monoisotopic (exact) mass is 472 g/mol. The first kappa shape index (κ1) is 22.6. The molecule has 8 heteroatoms. The first-order valence-corrected chi connectivity index (χ1v) is 11.3. The lowest BCUT2D eigenvalue weighted by atomic mass is 9.92. The van der Waals surface area contributed by atoms with Crippen LogP contribution in [0, 0.1) is 19.7 Å². The van der Waals surface area contributed by atoms with E-state index >= 15 is 0 Å². The second kappa shape index (κ2) is 8.54. The van der Waals surface area contributed by atoms with Gasteiger partial charge in [-0.05, 0) is 67.8 Å². The number of anilines is 1. The molecule has 0 saturated carbocycles. The minimum atomic E-state index is -1.29. The van der Waals surface area contributed by atoms with Crippen LogP contribution in [0.5, 0.6) is 0 Å². The number of hydrogen-bond acceptors (Lipinski definition) is 4. The van der Waals surface area contributed by atoms with Crippen LogP contribution in [0.15, 0.2) is 71.3 Å². The fourth-order valence-corrected chi connectivity index (χ4v) is 4.50. The van der Waals surface area contributed by atoms with E-state index in [0.29, 0.717) is 28.4 Å². The molecule has 2 aromatic heterocycles. The zero-order valence-corrected chi connectivity index (χ0v) is 19.7. The molecule has 0 saturated heterocycles. The first-order chi connectivity index (χ1) is 16.8. The Balaban J connectivity index is 1.57. The Hall–Kier alpha value is -4.20. The maximum Gasteiger partial charge on any atom is 0.277 e. The van der Waals surface area contributed by atoms with Crippen LogP contribution in [0.3, 0.4) is 0 Å². The summed E-state index contributed by atoms with van der Waals surface area (Å²) < 4.78 is 20.7. The Morgan fingerprint density at radius 3 is 2.69 bits per heavy atom. The van der Waals surface area contributed by atoms with Crippen molar-refractivity contribution in [3.05, 3.63) is 95.1 Å². The zero-order chi connectivity index (χ0) is 24.7. The van der Waals surface area contributed by atoms with Gasteiger partial charge in [-0.3, -0.25) is 19.2 Å². The lowest BCUT2D eigenvalue weighted by Crippen LogP contribution is -2.64. The molecule has 2 aromatic carbocycles. The number of benzene rings is 2. The average Bonchev–Trinajstić information content (AvgIpc) is 3.50. The van der Waals surface area contributed by atoms with Crippen LogP contribution in [0.2, 0.25) is 0 Å². The van der Waals surface area contributed by atoms with Gasteiger partial charge in [0.25, 0.3) is 5.91 Å². The summed E-state index contributed by atoms with van der Waals surface area (Å²) >= 11 is 0. The van der Waals surface area contributed by atoms with Gasteiger partial charge in [0.15, 0.2) is 5.76 Å². The number of fused-ring (bicyclic) bond motifs is 1. The average molecular weight is 473 g/mol. The van der Waals surface area contributed by atoms with Crippen LogP contribution in [0.25, 0.3) is 11.5 Å². The predicted octanol–water partition coefficient (Wildman–Crippen LogP) is 4.63. The summed E-state index contributed by atoms with van der Waals surface area (Å²) in [7, 11) is 0. The van der Waals surface area contributed by atoms with E-state index in [2.05, 4.69) is 10.4 Å². The fraction of sp³-hybridized carbons (Fsp3) is 0.222. The Morgan fingerprint density at radius 2 is 1.94 bits per heavy atom. The fourth-order valence-electron chi connectivity index (χ4n) is 4.50. The summed E-state index contributed by atoms with van der Waals surface area (Å²) in [5.74, 6) is -0.537. The minimum absolute atomic E-state index is 0.130. The van der Waals surface area contributed by atoms with Crippen LogP contribution >= 0.6 is 0 Å². The molecule has 1 N–H and O–H groups in total. The number of aryl methyl sites for hydroxylation is 1. The lowest BCUT2D eigenvalue weighted by molar-refractivity contribution is -0.126. The normalized spacial score (nSPS) is 17.4.